The Morgan fingerprint density at radius 3 is 2.40 bits per heavy atom. The number of hydrogen-bond donors (Lipinski definition) is 2. The van der Waals surface area contributed by atoms with E-state index in [4.69, 9.17) is 0 Å². The van der Waals surface area contributed by atoms with E-state index in [0.717, 1.165) is 12.8 Å². The van der Waals surface area contributed by atoms with Gasteiger partial charge in [-0.2, -0.15) is 0 Å². The zero-order valence-electron chi connectivity index (χ0n) is 12.8. The molecule has 1 aliphatic heterocycles. The molecule has 1 aliphatic rings. The van der Waals surface area contributed by atoms with Crippen molar-refractivity contribution in [2.45, 2.75) is 52.0 Å². The van der Waals surface area contributed by atoms with Crippen LogP contribution >= 0.6 is 11.8 Å². The van der Waals surface area contributed by atoms with Crippen LogP contribution < -0.4 is 5.32 Å². The number of carbonyl (C=O) groups is 2. The van der Waals surface area contributed by atoms with Crippen LogP contribution in [0.5, 0.6) is 0 Å². The Morgan fingerprint density at radius 1 is 1.35 bits per heavy atom. The van der Waals surface area contributed by atoms with Gasteiger partial charge in [-0.3, -0.25) is 4.90 Å². The Labute approximate surface area is 125 Å². The third-order valence-corrected chi connectivity index (χ3v) is 5.44. The number of nitrogens with zero attached hydrogens (tertiary/aromatic N) is 1. The van der Waals surface area contributed by atoms with Gasteiger partial charge >= 0.3 is 12.0 Å². The Kier molecular flexibility index (Phi) is 6.65. The summed E-state index contributed by atoms with van der Waals surface area (Å²) >= 11 is 1.55. The second-order valence-electron chi connectivity index (χ2n) is 5.60. The van der Waals surface area contributed by atoms with E-state index in [0.29, 0.717) is 18.2 Å². The molecule has 0 bridgehead atoms. The second kappa shape index (κ2) is 7.76. The number of thioether (sulfide) groups is 1. The lowest BCUT2D eigenvalue weighted by Gasteiger charge is -2.30. The molecule has 0 radical (unpaired) electrons. The maximum Gasteiger partial charge on any atom is 0.327 e. The quantitative estimate of drug-likeness (QED) is 0.791. The average Bonchev–Trinajstić information content (AvgIpc) is 2.84. The maximum absolute atomic E-state index is 12.3. The molecule has 2 atom stereocenters. The largest absolute Gasteiger partial charge is 0.480 e. The second-order valence-corrected chi connectivity index (χ2v) is 6.75. The molecular formula is C14H26N2O3S. The van der Waals surface area contributed by atoms with Crippen LogP contribution in [0.2, 0.25) is 0 Å². The summed E-state index contributed by atoms with van der Waals surface area (Å²) in [7, 11) is 0. The van der Waals surface area contributed by atoms with Crippen LogP contribution in [-0.2, 0) is 4.79 Å². The van der Waals surface area contributed by atoms with Crippen molar-refractivity contribution < 1.29 is 14.7 Å². The van der Waals surface area contributed by atoms with Crippen molar-refractivity contribution in [1.29, 1.82) is 0 Å². The molecule has 0 aromatic heterocycles. The van der Waals surface area contributed by atoms with E-state index in [-0.39, 0.29) is 17.3 Å². The number of rotatable bonds is 6. The summed E-state index contributed by atoms with van der Waals surface area (Å²) < 4.78 is 0. The van der Waals surface area contributed by atoms with Gasteiger partial charge in [0.1, 0.15) is 6.04 Å². The first-order valence-corrected chi connectivity index (χ1v) is 8.37. The van der Waals surface area contributed by atoms with Crippen LogP contribution in [0, 0.1) is 11.8 Å². The first kappa shape index (κ1) is 17.1. The lowest BCUT2D eigenvalue weighted by atomic mass is 10.0. The molecular weight excluding hydrogens is 276 g/mol. The zero-order valence-corrected chi connectivity index (χ0v) is 13.6. The fourth-order valence-electron chi connectivity index (χ4n) is 2.39. The van der Waals surface area contributed by atoms with E-state index >= 15 is 0 Å². The van der Waals surface area contributed by atoms with Crippen LogP contribution in [0.15, 0.2) is 0 Å². The van der Waals surface area contributed by atoms with Gasteiger partial charge in [0.2, 0.25) is 0 Å². The summed E-state index contributed by atoms with van der Waals surface area (Å²) in [5.74, 6) is 0.243. The third-order valence-electron chi connectivity index (χ3n) is 3.82. The molecule has 1 fully saturated rings. The van der Waals surface area contributed by atoms with Crippen molar-refractivity contribution >= 4 is 23.8 Å². The Hall–Kier alpha value is -0.910. The normalized spacial score (nSPS) is 22.6. The van der Waals surface area contributed by atoms with Gasteiger partial charge in [-0.1, -0.05) is 40.5 Å². The first-order chi connectivity index (χ1) is 9.42. The van der Waals surface area contributed by atoms with Crippen molar-refractivity contribution in [3.63, 3.8) is 0 Å². The molecule has 5 nitrogen and oxygen atoms in total. The summed E-state index contributed by atoms with van der Waals surface area (Å²) in [5, 5.41) is 12.1. The van der Waals surface area contributed by atoms with Crippen molar-refractivity contribution in [3.05, 3.63) is 0 Å². The minimum atomic E-state index is -0.918. The number of aliphatic carboxylic acids is 1. The minimum Gasteiger partial charge on any atom is -0.480 e. The van der Waals surface area contributed by atoms with E-state index in [2.05, 4.69) is 19.2 Å². The van der Waals surface area contributed by atoms with Crippen molar-refractivity contribution in [2.24, 2.45) is 11.8 Å². The van der Waals surface area contributed by atoms with E-state index in [1.54, 1.807) is 11.8 Å². The van der Waals surface area contributed by atoms with Crippen LogP contribution in [0.3, 0.4) is 0 Å². The zero-order chi connectivity index (χ0) is 15.3. The minimum absolute atomic E-state index is 0.0576. The Balaban J connectivity index is 2.71. The monoisotopic (exact) mass is 302 g/mol. The molecule has 20 heavy (non-hydrogen) atoms. The average molecular weight is 302 g/mol. The van der Waals surface area contributed by atoms with Crippen LogP contribution in [0.4, 0.5) is 4.79 Å². The molecule has 0 saturated carbocycles. The Bertz CT molecular complexity index is 345. The van der Waals surface area contributed by atoms with Gasteiger partial charge < -0.3 is 10.4 Å². The van der Waals surface area contributed by atoms with Gasteiger partial charge in [0.15, 0.2) is 0 Å². The molecule has 0 spiro atoms. The van der Waals surface area contributed by atoms with Crippen molar-refractivity contribution in [3.8, 4) is 0 Å². The highest BCUT2D eigenvalue weighted by atomic mass is 32.2. The number of nitrogens with one attached hydrogen (secondary N) is 1. The van der Waals surface area contributed by atoms with Gasteiger partial charge in [-0.25, -0.2) is 9.59 Å². The molecule has 1 saturated heterocycles. The summed E-state index contributed by atoms with van der Waals surface area (Å²) in [6.07, 6.45) is 2.03. The van der Waals surface area contributed by atoms with E-state index < -0.39 is 12.0 Å². The predicted molar refractivity (Wildman–Crippen MR) is 81.8 cm³/mol. The highest BCUT2D eigenvalue weighted by Gasteiger charge is 2.42. The number of hydrogen-bond acceptors (Lipinski definition) is 3. The van der Waals surface area contributed by atoms with Gasteiger partial charge in [-0.15, -0.1) is 11.8 Å². The van der Waals surface area contributed by atoms with E-state index in [1.807, 2.05) is 13.8 Å². The molecule has 116 valence electrons. The summed E-state index contributed by atoms with van der Waals surface area (Å²) in [5.41, 5.74) is 0. The number of carboxylic acid groups (broad SMARTS) is 1. The molecule has 0 aromatic carbocycles. The van der Waals surface area contributed by atoms with E-state index in [1.165, 1.54) is 4.90 Å². The standard InChI is InChI=1S/C14H26N2O3S/c1-5-10(6-2)7-15-14(19)16-11(13(17)18)8-20-12(16)9(3)4/h9-12H,5-8H2,1-4H3,(H,15,19)(H,17,18). The molecule has 1 heterocycles. The maximum atomic E-state index is 12.3. The smallest absolute Gasteiger partial charge is 0.327 e. The van der Waals surface area contributed by atoms with Crippen molar-refractivity contribution in [1.82, 2.24) is 10.2 Å². The highest BCUT2D eigenvalue weighted by molar-refractivity contribution is 8.00. The lowest BCUT2D eigenvalue weighted by Crippen LogP contribution is -2.52. The van der Waals surface area contributed by atoms with Crippen LogP contribution in [-0.4, -0.2) is 45.7 Å². The SMILES string of the molecule is CCC(CC)CNC(=O)N1C(C(=O)O)CSC1C(C)C. The molecule has 6 heteroatoms. The van der Waals surface area contributed by atoms with E-state index in [9.17, 15) is 14.7 Å². The van der Waals surface area contributed by atoms with Crippen LogP contribution in [0.1, 0.15) is 40.5 Å². The fraction of sp³-hybridized carbons (Fsp3) is 0.857. The summed E-state index contributed by atoms with van der Waals surface area (Å²) in [6, 6.07) is -0.956. The molecule has 0 aromatic rings. The third kappa shape index (κ3) is 4.04. The summed E-state index contributed by atoms with van der Waals surface area (Å²) in [4.78, 5) is 25.2. The molecule has 0 aliphatic carbocycles. The predicted octanol–water partition coefficient (Wildman–Crippen LogP) is 2.62. The van der Waals surface area contributed by atoms with Gasteiger partial charge in [0.25, 0.3) is 0 Å². The Morgan fingerprint density at radius 2 is 1.95 bits per heavy atom. The van der Waals surface area contributed by atoms with Gasteiger partial charge in [0.05, 0.1) is 5.37 Å². The number of urea groups is 1. The number of carbonyl (C=O) groups excluding carboxylic acids is 1. The molecule has 2 unspecified atom stereocenters. The molecule has 1 rings (SSSR count). The molecule has 2 N–H and O–H groups in total. The van der Waals surface area contributed by atoms with Gasteiger partial charge in [0, 0.05) is 12.3 Å². The molecule has 2 amide bonds. The first-order valence-electron chi connectivity index (χ1n) is 7.32. The topological polar surface area (TPSA) is 69.6 Å². The van der Waals surface area contributed by atoms with Crippen LogP contribution in [0.25, 0.3) is 0 Å². The van der Waals surface area contributed by atoms with Crippen molar-refractivity contribution in [2.75, 3.05) is 12.3 Å². The fourth-order valence-corrected chi connectivity index (χ4v) is 3.86. The number of carboxylic acids is 1. The highest BCUT2D eigenvalue weighted by Crippen LogP contribution is 2.34. The summed E-state index contributed by atoms with van der Waals surface area (Å²) in [6.45, 7) is 8.85. The van der Waals surface area contributed by atoms with Gasteiger partial charge in [-0.05, 0) is 11.8 Å². The number of amides is 2. The lowest BCUT2D eigenvalue weighted by molar-refractivity contribution is -0.141.